The zero-order chi connectivity index (χ0) is 16.7. The number of hydrogen-bond donors (Lipinski definition) is 2. The molecule has 1 heterocycles. The highest BCUT2D eigenvalue weighted by Crippen LogP contribution is 2.13. The summed E-state index contributed by atoms with van der Waals surface area (Å²) in [6.07, 6.45) is 1.87. The Morgan fingerprint density at radius 1 is 1.13 bits per heavy atom. The van der Waals surface area contributed by atoms with Crippen molar-refractivity contribution in [3.63, 3.8) is 0 Å². The zero-order valence-corrected chi connectivity index (χ0v) is 13.7. The van der Waals surface area contributed by atoms with E-state index < -0.39 is 0 Å². The molecule has 5 heteroatoms. The van der Waals surface area contributed by atoms with Gasteiger partial charge in [-0.05, 0) is 50.6 Å². The molecule has 1 aromatic heterocycles. The molecule has 0 fully saturated rings. The minimum Gasteiger partial charge on any atom is -0.491 e. The van der Waals surface area contributed by atoms with Crippen LogP contribution in [-0.4, -0.2) is 17.1 Å². The van der Waals surface area contributed by atoms with Crippen molar-refractivity contribution in [3.8, 4) is 5.75 Å². The van der Waals surface area contributed by atoms with Crippen LogP contribution in [0.1, 0.15) is 38.1 Å². The van der Waals surface area contributed by atoms with Crippen LogP contribution in [0, 0.1) is 0 Å². The Hall–Kier alpha value is -2.56. The van der Waals surface area contributed by atoms with E-state index in [0.29, 0.717) is 6.54 Å². The summed E-state index contributed by atoms with van der Waals surface area (Å²) < 4.78 is 5.59. The average molecular weight is 313 g/mol. The van der Waals surface area contributed by atoms with Crippen LogP contribution in [0.25, 0.3) is 0 Å². The number of hydrogen-bond acceptors (Lipinski definition) is 3. The monoisotopic (exact) mass is 313 g/mol. The Kier molecular flexibility index (Phi) is 5.97. The van der Waals surface area contributed by atoms with Crippen LogP contribution >= 0.6 is 0 Å². The first-order valence-corrected chi connectivity index (χ1v) is 7.75. The first kappa shape index (κ1) is 16.8. The molecule has 23 heavy (non-hydrogen) atoms. The molecule has 0 aliphatic heterocycles. The predicted octanol–water partition coefficient (Wildman–Crippen LogP) is 3.43. The van der Waals surface area contributed by atoms with Gasteiger partial charge in [0.2, 0.25) is 0 Å². The molecule has 0 spiro atoms. The smallest absolute Gasteiger partial charge is 0.315 e. The fraction of sp³-hybridized carbons (Fsp3) is 0.333. The molecule has 2 rings (SSSR count). The van der Waals surface area contributed by atoms with E-state index in [1.54, 1.807) is 6.20 Å². The number of pyridine rings is 1. The van der Waals surface area contributed by atoms with Crippen LogP contribution in [-0.2, 0) is 6.54 Å². The number of amides is 2. The fourth-order valence-electron chi connectivity index (χ4n) is 2.09. The predicted molar refractivity (Wildman–Crippen MR) is 90.2 cm³/mol. The molecule has 0 radical (unpaired) electrons. The molecule has 2 N–H and O–H groups in total. The number of aromatic nitrogens is 1. The van der Waals surface area contributed by atoms with Crippen molar-refractivity contribution in [2.24, 2.45) is 0 Å². The summed E-state index contributed by atoms with van der Waals surface area (Å²) in [5.74, 6) is 0.831. The normalized spacial score (nSPS) is 11.8. The Bertz CT molecular complexity index is 612. The second-order valence-electron chi connectivity index (χ2n) is 5.61. The number of nitrogens with zero attached hydrogens (tertiary/aromatic N) is 1. The van der Waals surface area contributed by atoms with Gasteiger partial charge < -0.3 is 15.4 Å². The van der Waals surface area contributed by atoms with E-state index in [0.717, 1.165) is 17.0 Å². The number of carbonyl (C=O) groups is 1. The minimum atomic E-state index is -0.217. The summed E-state index contributed by atoms with van der Waals surface area (Å²) in [4.78, 5) is 16.2. The largest absolute Gasteiger partial charge is 0.491 e. The third-order valence-corrected chi connectivity index (χ3v) is 3.23. The van der Waals surface area contributed by atoms with E-state index in [2.05, 4.69) is 15.6 Å². The zero-order valence-electron chi connectivity index (χ0n) is 13.7. The lowest BCUT2D eigenvalue weighted by Gasteiger charge is -2.14. The van der Waals surface area contributed by atoms with E-state index in [9.17, 15) is 4.79 Å². The molecular weight excluding hydrogens is 290 g/mol. The van der Waals surface area contributed by atoms with Gasteiger partial charge >= 0.3 is 6.03 Å². The van der Waals surface area contributed by atoms with E-state index in [-0.39, 0.29) is 18.2 Å². The summed E-state index contributed by atoms with van der Waals surface area (Å²) in [6.45, 7) is 6.34. The number of benzene rings is 1. The van der Waals surface area contributed by atoms with Crippen molar-refractivity contribution in [2.75, 3.05) is 0 Å². The molecule has 1 atom stereocenters. The second-order valence-corrected chi connectivity index (χ2v) is 5.61. The maximum absolute atomic E-state index is 11.9. The van der Waals surface area contributed by atoms with Gasteiger partial charge in [-0.2, -0.15) is 0 Å². The fourth-order valence-corrected chi connectivity index (χ4v) is 2.09. The van der Waals surface area contributed by atoms with Crippen LogP contribution in [0.4, 0.5) is 4.79 Å². The maximum Gasteiger partial charge on any atom is 0.315 e. The summed E-state index contributed by atoms with van der Waals surface area (Å²) in [7, 11) is 0. The van der Waals surface area contributed by atoms with Gasteiger partial charge in [-0.25, -0.2) is 4.79 Å². The molecule has 2 amide bonds. The van der Waals surface area contributed by atoms with Crippen LogP contribution in [0.15, 0.2) is 48.7 Å². The Labute approximate surface area is 137 Å². The number of ether oxygens (including phenoxy) is 1. The third kappa shape index (κ3) is 5.62. The van der Waals surface area contributed by atoms with Gasteiger partial charge in [0.25, 0.3) is 0 Å². The van der Waals surface area contributed by atoms with E-state index in [1.165, 1.54) is 0 Å². The van der Waals surface area contributed by atoms with Crippen molar-refractivity contribution < 1.29 is 9.53 Å². The second kappa shape index (κ2) is 8.17. The highest BCUT2D eigenvalue weighted by molar-refractivity contribution is 5.74. The number of nitrogens with one attached hydrogen (secondary N) is 2. The summed E-state index contributed by atoms with van der Waals surface area (Å²) in [5.41, 5.74) is 1.85. The SMILES string of the molecule is CC(C)Oc1ccc(CNC(=O)NC(C)c2ccccn2)cc1. The van der Waals surface area contributed by atoms with Gasteiger partial charge in [0.1, 0.15) is 5.75 Å². The quantitative estimate of drug-likeness (QED) is 0.859. The summed E-state index contributed by atoms with van der Waals surface area (Å²) >= 11 is 0. The van der Waals surface area contributed by atoms with Crippen molar-refractivity contribution in [1.29, 1.82) is 0 Å². The third-order valence-electron chi connectivity index (χ3n) is 3.23. The minimum absolute atomic E-state index is 0.141. The number of carbonyl (C=O) groups excluding carboxylic acids is 1. The Morgan fingerprint density at radius 3 is 2.48 bits per heavy atom. The average Bonchev–Trinajstić information content (AvgIpc) is 2.54. The molecule has 0 aliphatic carbocycles. The van der Waals surface area contributed by atoms with Crippen molar-refractivity contribution in [2.45, 2.75) is 39.5 Å². The first-order chi connectivity index (χ1) is 11.0. The van der Waals surface area contributed by atoms with Crippen molar-refractivity contribution in [1.82, 2.24) is 15.6 Å². The standard InChI is InChI=1S/C18H23N3O2/c1-13(2)23-16-9-7-15(8-10-16)12-20-18(22)21-14(3)17-6-4-5-11-19-17/h4-11,13-14H,12H2,1-3H3,(H2,20,21,22). The van der Waals surface area contributed by atoms with Gasteiger partial charge in [0.05, 0.1) is 17.8 Å². The van der Waals surface area contributed by atoms with Crippen LogP contribution in [0.2, 0.25) is 0 Å². The van der Waals surface area contributed by atoms with Gasteiger partial charge in [0.15, 0.2) is 0 Å². The highest BCUT2D eigenvalue weighted by atomic mass is 16.5. The molecule has 0 saturated carbocycles. The lowest BCUT2D eigenvalue weighted by Crippen LogP contribution is -2.36. The summed E-state index contributed by atoms with van der Waals surface area (Å²) in [6, 6.07) is 13.0. The van der Waals surface area contributed by atoms with Crippen LogP contribution in [0.5, 0.6) is 5.75 Å². The summed E-state index contributed by atoms with van der Waals surface area (Å²) in [5, 5.41) is 5.71. The van der Waals surface area contributed by atoms with Crippen molar-refractivity contribution in [3.05, 3.63) is 59.9 Å². The molecule has 1 aromatic carbocycles. The molecule has 0 saturated heterocycles. The molecule has 0 bridgehead atoms. The highest BCUT2D eigenvalue weighted by Gasteiger charge is 2.09. The van der Waals surface area contributed by atoms with E-state index in [1.807, 2.05) is 63.2 Å². The van der Waals surface area contributed by atoms with Crippen molar-refractivity contribution >= 4 is 6.03 Å². The van der Waals surface area contributed by atoms with E-state index >= 15 is 0 Å². The molecular formula is C18H23N3O2. The molecule has 2 aromatic rings. The van der Waals surface area contributed by atoms with Crippen LogP contribution < -0.4 is 15.4 Å². The number of urea groups is 1. The Morgan fingerprint density at radius 2 is 1.87 bits per heavy atom. The first-order valence-electron chi connectivity index (χ1n) is 7.75. The lowest BCUT2D eigenvalue weighted by molar-refractivity contribution is 0.237. The van der Waals surface area contributed by atoms with Gasteiger partial charge in [-0.1, -0.05) is 18.2 Å². The molecule has 5 nitrogen and oxygen atoms in total. The molecule has 1 unspecified atom stereocenters. The Balaban J connectivity index is 1.80. The molecule has 122 valence electrons. The molecule has 0 aliphatic rings. The topological polar surface area (TPSA) is 63.2 Å². The number of rotatable bonds is 6. The van der Waals surface area contributed by atoms with E-state index in [4.69, 9.17) is 4.74 Å². The maximum atomic E-state index is 11.9. The van der Waals surface area contributed by atoms with Gasteiger partial charge in [-0.3, -0.25) is 4.98 Å². The van der Waals surface area contributed by atoms with Gasteiger partial charge in [0, 0.05) is 12.7 Å². The lowest BCUT2D eigenvalue weighted by atomic mass is 10.2. The van der Waals surface area contributed by atoms with Gasteiger partial charge in [-0.15, -0.1) is 0 Å². The van der Waals surface area contributed by atoms with Crippen LogP contribution in [0.3, 0.4) is 0 Å².